The van der Waals surface area contributed by atoms with Crippen LogP contribution in [0.3, 0.4) is 0 Å². The Morgan fingerprint density at radius 1 is 1.36 bits per heavy atom. The molecule has 0 bridgehead atoms. The van der Waals surface area contributed by atoms with Crippen molar-refractivity contribution in [2.75, 3.05) is 0 Å². The third-order valence-corrected chi connectivity index (χ3v) is 0.677. The number of hydrogen-bond acceptors (Lipinski definition) is 5. The molecule has 0 rings (SSSR count). The SMILES string of the molecule is NC(=O)C(=C[N+](=O)[O-])[N+](=O)[O-]. The summed E-state index contributed by atoms with van der Waals surface area (Å²) >= 11 is 0. The van der Waals surface area contributed by atoms with Gasteiger partial charge in [-0.05, 0) is 0 Å². The van der Waals surface area contributed by atoms with E-state index in [9.17, 15) is 25.0 Å². The van der Waals surface area contributed by atoms with Gasteiger partial charge >= 0.3 is 17.8 Å². The molecule has 0 heterocycles. The normalized spacial score (nSPS) is 10.7. The molecule has 60 valence electrons. The maximum absolute atomic E-state index is 10.1. The summed E-state index contributed by atoms with van der Waals surface area (Å²) in [5, 5.41) is 19.4. The van der Waals surface area contributed by atoms with Crippen molar-refractivity contribution in [1.29, 1.82) is 0 Å². The van der Waals surface area contributed by atoms with Gasteiger partial charge < -0.3 is 5.73 Å². The Morgan fingerprint density at radius 3 is 1.91 bits per heavy atom. The van der Waals surface area contributed by atoms with Crippen LogP contribution in [0.25, 0.3) is 0 Å². The predicted molar refractivity (Wildman–Crippen MR) is 31.3 cm³/mol. The van der Waals surface area contributed by atoms with E-state index in [4.69, 9.17) is 0 Å². The van der Waals surface area contributed by atoms with Gasteiger partial charge in [0.1, 0.15) is 0 Å². The molecular formula is C3H3N3O5. The molecule has 0 aromatic rings. The lowest BCUT2D eigenvalue weighted by molar-refractivity contribution is -0.452. The summed E-state index contributed by atoms with van der Waals surface area (Å²) in [5.41, 5.74) is 3.19. The van der Waals surface area contributed by atoms with Crippen molar-refractivity contribution in [2.45, 2.75) is 0 Å². The minimum absolute atomic E-state index is 0.0532. The number of nitro groups is 2. The summed E-state index contributed by atoms with van der Waals surface area (Å²) in [7, 11) is 0. The molecule has 0 aromatic carbocycles. The van der Waals surface area contributed by atoms with Crippen molar-refractivity contribution >= 4 is 5.91 Å². The molecule has 0 atom stereocenters. The molecule has 0 aliphatic heterocycles. The summed E-state index contributed by atoms with van der Waals surface area (Å²) in [5.74, 6) is -1.44. The highest BCUT2D eigenvalue weighted by atomic mass is 16.6. The highest BCUT2D eigenvalue weighted by Crippen LogP contribution is 1.92. The number of carbonyl (C=O) groups is 1. The average Bonchev–Trinajstić information content (AvgIpc) is 1.81. The quantitative estimate of drug-likeness (QED) is 0.318. The highest BCUT2D eigenvalue weighted by molar-refractivity contribution is 5.88. The van der Waals surface area contributed by atoms with Crippen LogP contribution in [-0.2, 0) is 4.79 Å². The molecule has 0 fully saturated rings. The van der Waals surface area contributed by atoms with Gasteiger partial charge in [0.05, 0.1) is 9.85 Å². The Balaban J connectivity index is 4.75. The van der Waals surface area contributed by atoms with Gasteiger partial charge in [0.15, 0.2) is 0 Å². The number of primary amides is 1. The predicted octanol–water partition coefficient (Wildman–Crippen LogP) is -1.13. The summed E-state index contributed by atoms with van der Waals surface area (Å²) in [6.07, 6.45) is -0.0532. The Hall–Kier alpha value is -1.99. The maximum Gasteiger partial charge on any atom is 0.401 e. The highest BCUT2D eigenvalue weighted by Gasteiger charge is 2.22. The second-order valence-corrected chi connectivity index (χ2v) is 1.42. The summed E-state index contributed by atoms with van der Waals surface area (Å²) in [6, 6.07) is 0. The van der Waals surface area contributed by atoms with E-state index in [1.165, 1.54) is 0 Å². The standard InChI is InChI=1S/C3H3N3O5/c4-3(7)2(6(10)11)1-5(8)9/h1H,(H2,4,7). The monoisotopic (exact) mass is 161 g/mol. The van der Waals surface area contributed by atoms with Gasteiger partial charge in [-0.2, -0.15) is 0 Å². The largest absolute Gasteiger partial charge is 0.401 e. The Kier molecular flexibility index (Phi) is 2.66. The number of hydrogen-bond donors (Lipinski definition) is 1. The molecule has 1 amide bonds. The zero-order valence-corrected chi connectivity index (χ0v) is 5.09. The van der Waals surface area contributed by atoms with Crippen LogP contribution in [0.15, 0.2) is 11.9 Å². The third-order valence-electron chi connectivity index (χ3n) is 0.677. The molecule has 0 radical (unpaired) electrons. The minimum Gasteiger partial charge on any atom is -0.360 e. The van der Waals surface area contributed by atoms with Gasteiger partial charge in [-0.15, -0.1) is 0 Å². The van der Waals surface area contributed by atoms with Gasteiger partial charge in [-0.3, -0.25) is 25.0 Å². The fraction of sp³-hybridized carbons (Fsp3) is 0. The lowest BCUT2D eigenvalue weighted by Gasteiger charge is -1.86. The molecule has 11 heavy (non-hydrogen) atoms. The number of nitrogens with two attached hydrogens (primary N) is 1. The molecule has 2 N–H and O–H groups in total. The number of carbonyl (C=O) groups excluding carboxylic acids is 1. The van der Waals surface area contributed by atoms with Crippen molar-refractivity contribution in [2.24, 2.45) is 5.73 Å². The molecule has 0 aliphatic rings. The number of amides is 1. The maximum atomic E-state index is 10.1. The average molecular weight is 161 g/mol. The van der Waals surface area contributed by atoms with Crippen LogP contribution in [0.1, 0.15) is 0 Å². The summed E-state index contributed by atoms with van der Waals surface area (Å²) in [4.78, 5) is 27.2. The van der Waals surface area contributed by atoms with E-state index in [1.54, 1.807) is 0 Å². The van der Waals surface area contributed by atoms with Crippen LogP contribution in [0.5, 0.6) is 0 Å². The zero-order valence-electron chi connectivity index (χ0n) is 5.09. The van der Waals surface area contributed by atoms with Gasteiger partial charge in [-0.25, -0.2) is 0 Å². The van der Waals surface area contributed by atoms with Crippen LogP contribution in [0.4, 0.5) is 0 Å². The van der Waals surface area contributed by atoms with E-state index in [-0.39, 0.29) is 6.20 Å². The van der Waals surface area contributed by atoms with Crippen molar-refractivity contribution in [3.63, 3.8) is 0 Å². The molecule has 8 nitrogen and oxygen atoms in total. The van der Waals surface area contributed by atoms with Crippen molar-refractivity contribution < 1.29 is 14.6 Å². The van der Waals surface area contributed by atoms with Crippen LogP contribution < -0.4 is 5.73 Å². The first-order chi connectivity index (χ1) is 4.95. The Labute approximate surface area is 59.6 Å². The van der Waals surface area contributed by atoms with Crippen molar-refractivity contribution in [3.8, 4) is 0 Å². The van der Waals surface area contributed by atoms with Gasteiger partial charge in [0.2, 0.25) is 0 Å². The molecular weight excluding hydrogens is 158 g/mol. The van der Waals surface area contributed by atoms with E-state index in [2.05, 4.69) is 5.73 Å². The van der Waals surface area contributed by atoms with Gasteiger partial charge in [0, 0.05) is 0 Å². The minimum atomic E-state index is -1.44. The second-order valence-electron chi connectivity index (χ2n) is 1.42. The molecule has 0 saturated carbocycles. The number of rotatable bonds is 3. The van der Waals surface area contributed by atoms with Crippen molar-refractivity contribution in [1.82, 2.24) is 0 Å². The topological polar surface area (TPSA) is 129 Å². The van der Waals surface area contributed by atoms with E-state index < -0.39 is 21.5 Å². The summed E-state index contributed by atoms with van der Waals surface area (Å²) in [6.45, 7) is 0. The zero-order chi connectivity index (χ0) is 9.02. The van der Waals surface area contributed by atoms with Gasteiger partial charge in [-0.1, -0.05) is 0 Å². The first-order valence-corrected chi connectivity index (χ1v) is 2.24. The molecule has 0 spiro atoms. The molecule has 0 saturated heterocycles. The van der Waals surface area contributed by atoms with Crippen LogP contribution in [-0.4, -0.2) is 15.8 Å². The molecule has 0 aliphatic carbocycles. The smallest absolute Gasteiger partial charge is 0.360 e. The second kappa shape index (κ2) is 3.25. The molecule has 8 heteroatoms. The van der Waals surface area contributed by atoms with Crippen LogP contribution >= 0.6 is 0 Å². The Bertz CT molecular complexity index is 227. The lowest BCUT2D eigenvalue weighted by Crippen LogP contribution is -2.20. The molecule has 0 aromatic heterocycles. The van der Waals surface area contributed by atoms with Crippen LogP contribution in [0.2, 0.25) is 0 Å². The van der Waals surface area contributed by atoms with E-state index in [0.717, 1.165) is 0 Å². The number of nitrogens with zero attached hydrogens (tertiary/aromatic N) is 2. The Morgan fingerprint density at radius 2 is 1.82 bits per heavy atom. The fourth-order valence-corrected chi connectivity index (χ4v) is 0.301. The third kappa shape index (κ3) is 2.89. The summed E-state index contributed by atoms with van der Waals surface area (Å²) < 4.78 is 0. The van der Waals surface area contributed by atoms with Crippen LogP contribution in [0, 0.1) is 20.2 Å². The first-order valence-electron chi connectivity index (χ1n) is 2.24. The first kappa shape index (κ1) is 9.01. The molecule has 0 unspecified atom stereocenters. The van der Waals surface area contributed by atoms with Crippen molar-refractivity contribution in [3.05, 3.63) is 32.1 Å². The fourth-order valence-electron chi connectivity index (χ4n) is 0.301. The van der Waals surface area contributed by atoms with E-state index >= 15 is 0 Å². The van der Waals surface area contributed by atoms with E-state index in [0.29, 0.717) is 0 Å². The van der Waals surface area contributed by atoms with Gasteiger partial charge in [0.25, 0.3) is 0 Å². The lowest BCUT2D eigenvalue weighted by atomic mass is 10.5. The van der Waals surface area contributed by atoms with E-state index in [1.807, 2.05) is 0 Å².